The molecular weight excluding hydrogens is 212 g/mol. The van der Waals surface area contributed by atoms with E-state index in [2.05, 4.69) is 12.6 Å². The van der Waals surface area contributed by atoms with Crippen molar-refractivity contribution in [3.63, 3.8) is 0 Å². The van der Waals surface area contributed by atoms with Gasteiger partial charge in [0.2, 0.25) is 0 Å². The van der Waals surface area contributed by atoms with E-state index in [4.69, 9.17) is 19.9 Å². The van der Waals surface area contributed by atoms with Gasteiger partial charge in [-0.2, -0.15) is 12.6 Å². The molecule has 0 aliphatic carbocycles. The van der Waals surface area contributed by atoms with Crippen LogP contribution in [0, 0.1) is 0 Å². The second kappa shape index (κ2) is 7.21. The van der Waals surface area contributed by atoms with E-state index in [0.29, 0.717) is 13.2 Å². The van der Waals surface area contributed by atoms with Crippen molar-refractivity contribution in [2.75, 3.05) is 19.0 Å². The second-order valence-corrected chi connectivity index (χ2v) is 6.93. The van der Waals surface area contributed by atoms with E-state index >= 15 is 0 Å². The summed E-state index contributed by atoms with van der Waals surface area (Å²) in [5.74, 6) is 0.835. The molecule has 0 saturated heterocycles. The van der Waals surface area contributed by atoms with Gasteiger partial charge in [0, 0.05) is 19.3 Å². The average molecular weight is 229 g/mol. The molecule has 0 aromatic carbocycles. The fourth-order valence-corrected chi connectivity index (χ4v) is 4.25. The van der Waals surface area contributed by atoms with Crippen molar-refractivity contribution in [2.24, 2.45) is 0 Å². The van der Waals surface area contributed by atoms with Gasteiger partial charge in [0.05, 0.1) is 0 Å². The molecule has 0 N–H and O–H groups in total. The molecule has 0 aliphatic heterocycles. The zero-order chi connectivity index (χ0) is 9.45. The molecule has 0 bridgehead atoms. The monoisotopic (exact) mass is 228 g/mol. The van der Waals surface area contributed by atoms with E-state index in [1.165, 1.54) is 0 Å². The number of hydrogen-bond donors (Lipinski definition) is 1. The highest BCUT2D eigenvalue weighted by Gasteiger charge is 2.34. The Hall–Kier alpha value is 0.777. The molecule has 0 fully saturated rings. The number of halogens is 1. The summed E-state index contributed by atoms with van der Waals surface area (Å²) in [6.07, 6.45) is 0.957. The van der Waals surface area contributed by atoms with E-state index in [1.54, 1.807) is 0 Å². The van der Waals surface area contributed by atoms with Crippen LogP contribution in [0.4, 0.5) is 0 Å². The summed E-state index contributed by atoms with van der Waals surface area (Å²) in [5.41, 5.74) is 0. The Kier molecular flexibility index (Phi) is 7.67. The molecule has 0 aromatic rings. The number of hydrogen-bond acceptors (Lipinski definition) is 3. The van der Waals surface area contributed by atoms with Crippen molar-refractivity contribution in [3.05, 3.63) is 0 Å². The predicted octanol–water partition coefficient (Wildman–Crippen LogP) is 2.56. The van der Waals surface area contributed by atoms with Gasteiger partial charge in [-0.3, -0.25) is 0 Å². The van der Waals surface area contributed by atoms with Gasteiger partial charge in [0.1, 0.15) is 0 Å². The third-order valence-corrected chi connectivity index (χ3v) is 5.28. The lowest BCUT2D eigenvalue weighted by molar-refractivity contribution is 0.203. The lowest BCUT2D eigenvalue weighted by Gasteiger charge is -2.22. The minimum absolute atomic E-state index is 0.627. The van der Waals surface area contributed by atoms with Gasteiger partial charge >= 0.3 is 7.87 Å². The van der Waals surface area contributed by atoms with Crippen LogP contribution in [0.15, 0.2) is 0 Å². The second-order valence-electron chi connectivity index (χ2n) is 2.35. The molecule has 0 aliphatic rings. The first kappa shape index (κ1) is 12.8. The van der Waals surface area contributed by atoms with Gasteiger partial charge in [-0.25, -0.2) is 0 Å². The molecule has 0 unspecified atom stereocenters. The van der Waals surface area contributed by atoms with Crippen molar-refractivity contribution in [1.29, 1.82) is 0 Å². The van der Waals surface area contributed by atoms with Crippen LogP contribution in [-0.4, -0.2) is 26.8 Å². The molecule has 0 amide bonds. The van der Waals surface area contributed by atoms with Crippen molar-refractivity contribution in [3.8, 4) is 0 Å². The Balaban J connectivity index is 3.80. The van der Waals surface area contributed by atoms with Gasteiger partial charge in [-0.05, 0) is 26.0 Å². The number of thiol groups is 1. The van der Waals surface area contributed by atoms with Crippen LogP contribution in [0.25, 0.3) is 0 Å². The summed E-state index contributed by atoms with van der Waals surface area (Å²) in [6, 6.07) is 0.819. The molecule has 74 valence electrons. The molecule has 0 spiro atoms. The van der Waals surface area contributed by atoms with Gasteiger partial charge in [0.25, 0.3) is 0 Å². The van der Waals surface area contributed by atoms with E-state index in [-0.39, 0.29) is 0 Å². The maximum absolute atomic E-state index is 6.18. The van der Waals surface area contributed by atoms with Crippen LogP contribution in [0.2, 0.25) is 6.04 Å². The topological polar surface area (TPSA) is 18.5 Å². The molecule has 5 heteroatoms. The molecule has 0 saturated carbocycles. The molecular formula is C7H17ClO2SSi. The summed E-state index contributed by atoms with van der Waals surface area (Å²) in [5, 5.41) is 0. The van der Waals surface area contributed by atoms with Crippen LogP contribution in [-0.2, 0) is 8.85 Å². The highest BCUT2D eigenvalue weighted by molar-refractivity contribution is 7.80. The van der Waals surface area contributed by atoms with Gasteiger partial charge in [-0.15, -0.1) is 0 Å². The summed E-state index contributed by atoms with van der Waals surface area (Å²) < 4.78 is 10.8. The molecule has 0 atom stereocenters. The van der Waals surface area contributed by atoms with Crippen LogP contribution in [0.1, 0.15) is 20.3 Å². The Morgan fingerprint density at radius 1 is 1.25 bits per heavy atom. The largest absolute Gasteiger partial charge is 0.443 e. The quantitative estimate of drug-likeness (QED) is 0.410. The van der Waals surface area contributed by atoms with Crippen molar-refractivity contribution < 1.29 is 8.85 Å². The molecule has 12 heavy (non-hydrogen) atoms. The maximum Gasteiger partial charge on any atom is 0.443 e. The van der Waals surface area contributed by atoms with E-state index in [0.717, 1.165) is 18.2 Å². The Morgan fingerprint density at radius 3 is 2.08 bits per heavy atom. The summed E-state index contributed by atoms with van der Waals surface area (Å²) in [4.78, 5) is 0. The van der Waals surface area contributed by atoms with E-state index in [9.17, 15) is 0 Å². The minimum atomic E-state index is -2.35. The first-order chi connectivity index (χ1) is 5.68. The smallest absolute Gasteiger partial charge is 0.383 e. The Bertz CT molecular complexity index is 110. The third-order valence-electron chi connectivity index (χ3n) is 1.35. The summed E-state index contributed by atoms with van der Waals surface area (Å²) in [7, 11) is -2.35. The molecule has 0 heterocycles. The first-order valence-electron chi connectivity index (χ1n) is 4.26. The third kappa shape index (κ3) is 5.43. The van der Waals surface area contributed by atoms with Gasteiger partial charge in [-0.1, -0.05) is 11.1 Å². The lowest BCUT2D eigenvalue weighted by Crippen LogP contribution is -2.36. The van der Waals surface area contributed by atoms with Crippen LogP contribution in [0.3, 0.4) is 0 Å². The minimum Gasteiger partial charge on any atom is -0.383 e. The fourth-order valence-electron chi connectivity index (χ4n) is 0.907. The highest BCUT2D eigenvalue weighted by Crippen LogP contribution is 2.20. The SMILES string of the molecule is CCO[Si](Cl)(CCCS)OCC. The predicted molar refractivity (Wildman–Crippen MR) is 58.1 cm³/mol. The average Bonchev–Trinajstić information content (AvgIpc) is 2.02. The van der Waals surface area contributed by atoms with Crippen molar-refractivity contribution >= 4 is 31.6 Å². The lowest BCUT2D eigenvalue weighted by atomic mass is 10.6. The summed E-state index contributed by atoms with van der Waals surface area (Å²) in [6.45, 7) is 5.12. The van der Waals surface area contributed by atoms with Crippen LogP contribution < -0.4 is 0 Å². The molecule has 0 rings (SSSR count). The van der Waals surface area contributed by atoms with Gasteiger partial charge in [0.15, 0.2) is 0 Å². The van der Waals surface area contributed by atoms with E-state index in [1.807, 2.05) is 13.8 Å². The zero-order valence-corrected chi connectivity index (χ0v) is 10.3. The zero-order valence-electron chi connectivity index (χ0n) is 7.68. The highest BCUT2D eigenvalue weighted by atomic mass is 35.6. The number of rotatable bonds is 7. The van der Waals surface area contributed by atoms with E-state index < -0.39 is 7.87 Å². The van der Waals surface area contributed by atoms with Crippen LogP contribution in [0.5, 0.6) is 0 Å². The normalized spacial score (nSPS) is 12.0. The maximum atomic E-state index is 6.18. The Labute approximate surface area is 85.9 Å². The molecule has 0 aromatic heterocycles. The first-order valence-corrected chi connectivity index (χ1v) is 7.93. The van der Waals surface area contributed by atoms with Crippen molar-refractivity contribution in [1.82, 2.24) is 0 Å². The standard InChI is InChI=1S/C7H17ClO2SSi/c1-3-9-12(8,10-4-2)7-5-6-11/h11H,3-7H2,1-2H3. The van der Waals surface area contributed by atoms with Gasteiger partial charge < -0.3 is 8.85 Å². The molecule has 0 radical (unpaired) electrons. The molecule has 2 nitrogen and oxygen atoms in total. The van der Waals surface area contributed by atoms with Crippen molar-refractivity contribution in [2.45, 2.75) is 26.3 Å². The fraction of sp³-hybridized carbons (Fsp3) is 1.00. The Morgan fingerprint density at radius 2 is 1.75 bits per heavy atom. The van der Waals surface area contributed by atoms with Crippen LogP contribution >= 0.6 is 23.7 Å². The summed E-state index contributed by atoms with van der Waals surface area (Å²) >= 11 is 10.3.